The van der Waals surface area contributed by atoms with Crippen molar-refractivity contribution in [1.29, 1.82) is 0 Å². The Kier molecular flexibility index (Phi) is 11.2. The van der Waals surface area contributed by atoms with E-state index in [-0.39, 0.29) is 25.0 Å². The number of carbonyl (C=O) groups excluding carboxylic acids is 2. The summed E-state index contributed by atoms with van der Waals surface area (Å²) in [4.78, 5) is 22.0. The zero-order valence-corrected chi connectivity index (χ0v) is 15.0. The van der Waals surface area contributed by atoms with Crippen molar-refractivity contribution in [1.82, 2.24) is 0 Å². The lowest BCUT2D eigenvalue weighted by molar-refractivity contribution is -0.140. The predicted octanol–water partition coefficient (Wildman–Crippen LogP) is 2.52. The van der Waals surface area contributed by atoms with Crippen LogP contribution in [0.4, 0.5) is 0 Å². The summed E-state index contributed by atoms with van der Waals surface area (Å²) in [6, 6.07) is 0. The Hall–Kier alpha value is -0.850. The molecule has 0 aromatic rings. The van der Waals surface area contributed by atoms with Gasteiger partial charge in [-0.1, -0.05) is 13.2 Å². The molecule has 0 rings (SSSR count). The number of hydrogen-bond acceptors (Lipinski definition) is 7. The van der Waals surface area contributed by atoms with Crippen LogP contribution in [0.3, 0.4) is 0 Å². The van der Waals surface area contributed by atoms with Gasteiger partial charge in [-0.2, -0.15) is 0 Å². The quantitative estimate of drug-likeness (QED) is 0.219. The molecule has 0 aliphatic carbocycles. The van der Waals surface area contributed by atoms with Crippen LogP contribution in [0.1, 0.15) is 0 Å². The molecule has 0 N–H and O–H groups in total. The van der Waals surface area contributed by atoms with E-state index in [4.69, 9.17) is 41.7 Å². The van der Waals surface area contributed by atoms with Crippen LogP contribution in [-0.4, -0.2) is 55.8 Å². The third-order valence-corrected chi connectivity index (χ3v) is 4.23. The molecule has 0 amide bonds. The highest BCUT2D eigenvalue weighted by molar-refractivity contribution is 7.53. The summed E-state index contributed by atoms with van der Waals surface area (Å²) in [7, 11) is -3.58. The molecule has 7 nitrogen and oxygen atoms in total. The number of esters is 2. The summed E-state index contributed by atoms with van der Waals surface area (Å²) in [6.07, 6.45) is 0.265. The fourth-order valence-electron chi connectivity index (χ4n) is 1.24. The molecule has 0 aromatic carbocycles. The number of ether oxygens (including phenoxy) is 2. The first-order chi connectivity index (χ1) is 10.8. The van der Waals surface area contributed by atoms with E-state index in [1.807, 2.05) is 0 Å². The van der Waals surface area contributed by atoms with E-state index in [0.29, 0.717) is 0 Å². The first-order valence-corrected chi connectivity index (χ1v) is 9.48. The third kappa shape index (κ3) is 10.5. The molecule has 2 unspecified atom stereocenters. The van der Waals surface area contributed by atoms with Crippen LogP contribution in [0.25, 0.3) is 0 Å². The van der Waals surface area contributed by atoms with E-state index in [2.05, 4.69) is 13.2 Å². The highest BCUT2D eigenvalue weighted by atomic mass is 35.5. The van der Waals surface area contributed by atoms with E-state index in [0.717, 1.165) is 12.2 Å². The lowest BCUT2D eigenvalue weighted by atomic mass is 10.4. The summed E-state index contributed by atoms with van der Waals surface area (Å²) in [5.74, 6) is -1.48. The second-order valence-corrected chi connectivity index (χ2v) is 6.78. The molecule has 0 fully saturated rings. The fraction of sp³-hybridized carbons (Fsp3) is 0.538. The van der Waals surface area contributed by atoms with Gasteiger partial charge >= 0.3 is 19.5 Å². The molecule has 0 radical (unpaired) electrons. The minimum Gasteiger partial charge on any atom is -0.460 e. The van der Waals surface area contributed by atoms with Crippen LogP contribution in [0.5, 0.6) is 0 Å². The normalized spacial score (nSPS) is 15.8. The maximum atomic E-state index is 12.3. The summed E-state index contributed by atoms with van der Waals surface area (Å²) in [5.41, 5.74) is 0. The molecule has 23 heavy (non-hydrogen) atoms. The highest BCUT2D eigenvalue weighted by Crippen LogP contribution is 2.46. The SMILES string of the molecule is C=CC(=O)OCC(CCl)OP(C)(=O)OC(CCl)COC(=O)C=C. The number of rotatable bonds is 12. The molecule has 0 heterocycles. The van der Waals surface area contributed by atoms with Crippen molar-refractivity contribution in [3.05, 3.63) is 25.3 Å². The summed E-state index contributed by atoms with van der Waals surface area (Å²) in [6.45, 7) is 7.25. The summed E-state index contributed by atoms with van der Waals surface area (Å²) in [5, 5.41) is 0. The Labute approximate surface area is 145 Å². The number of carbonyl (C=O) groups is 2. The van der Waals surface area contributed by atoms with Gasteiger partial charge in [-0.25, -0.2) is 9.59 Å². The van der Waals surface area contributed by atoms with Crippen LogP contribution in [-0.2, 0) is 32.7 Å². The molecule has 0 spiro atoms. The zero-order chi connectivity index (χ0) is 17.9. The average Bonchev–Trinajstić information content (AvgIpc) is 2.54. The number of halogens is 2. The van der Waals surface area contributed by atoms with Gasteiger partial charge in [-0.15, -0.1) is 23.2 Å². The van der Waals surface area contributed by atoms with Crippen molar-refractivity contribution in [2.24, 2.45) is 0 Å². The van der Waals surface area contributed by atoms with Gasteiger partial charge < -0.3 is 18.5 Å². The third-order valence-electron chi connectivity index (χ3n) is 2.18. The van der Waals surface area contributed by atoms with Gasteiger partial charge in [0.2, 0.25) is 0 Å². The molecule has 0 aliphatic rings. The Morgan fingerprint density at radius 1 is 1.00 bits per heavy atom. The number of hydrogen-bond donors (Lipinski definition) is 0. The van der Waals surface area contributed by atoms with E-state index >= 15 is 0 Å². The van der Waals surface area contributed by atoms with Crippen molar-refractivity contribution < 1.29 is 32.7 Å². The van der Waals surface area contributed by atoms with Crippen LogP contribution < -0.4 is 0 Å². The minimum absolute atomic E-state index is 0.0807. The predicted molar refractivity (Wildman–Crippen MR) is 87.0 cm³/mol. The monoisotopic (exact) mass is 388 g/mol. The molecule has 0 aromatic heterocycles. The summed E-state index contributed by atoms with van der Waals surface area (Å²) < 4.78 is 32.3. The largest absolute Gasteiger partial charge is 0.460 e. The molecule has 0 bridgehead atoms. The Morgan fingerprint density at radius 3 is 1.61 bits per heavy atom. The maximum absolute atomic E-state index is 12.3. The molecule has 0 saturated heterocycles. The fourth-order valence-corrected chi connectivity index (χ4v) is 3.12. The summed E-state index contributed by atoms with van der Waals surface area (Å²) >= 11 is 11.3. The van der Waals surface area contributed by atoms with Crippen molar-refractivity contribution in [2.45, 2.75) is 12.2 Å². The van der Waals surface area contributed by atoms with Gasteiger partial charge in [-0.05, 0) is 0 Å². The minimum atomic E-state index is -3.58. The maximum Gasteiger partial charge on any atom is 0.330 e. The first-order valence-electron chi connectivity index (χ1n) is 6.42. The standard InChI is InChI=1S/C13H19Cl2O7P/c1-4-12(16)19-8-10(6-14)21-23(3,18)22-11(7-15)9-20-13(17)5-2/h4-5,10-11H,1-2,6-9H2,3H3. The molecular weight excluding hydrogens is 370 g/mol. The molecule has 0 aliphatic heterocycles. The van der Waals surface area contributed by atoms with Crippen molar-refractivity contribution in [3.63, 3.8) is 0 Å². The van der Waals surface area contributed by atoms with Crippen LogP contribution in [0.15, 0.2) is 25.3 Å². The Morgan fingerprint density at radius 2 is 1.35 bits per heavy atom. The van der Waals surface area contributed by atoms with Crippen molar-refractivity contribution in [3.8, 4) is 0 Å². The molecule has 0 saturated carbocycles. The average molecular weight is 389 g/mol. The smallest absolute Gasteiger partial charge is 0.330 e. The lowest BCUT2D eigenvalue weighted by Gasteiger charge is -2.24. The second-order valence-electron chi connectivity index (χ2n) is 4.20. The van der Waals surface area contributed by atoms with E-state index in [1.165, 1.54) is 6.66 Å². The molecule has 132 valence electrons. The van der Waals surface area contributed by atoms with E-state index < -0.39 is 31.7 Å². The lowest BCUT2D eigenvalue weighted by Crippen LogP contribution is -2.26. The second kappa shape index (κ2) is 11.6. The Bertz CT molecular complexity index is 431. The zero-order valence-electron chi connectivity index (χ0n) is 12.6. The van der Waals surface area contributed by atoms with Crippen molar-refractivity contribution in [2.75, 3.05) is 31.6 Å². The van der Waals surface area contributed by atoms with Gasteiger partial charge in [0.1, 0.15) is 25.4 Å². The van der Waals surface area contributed by atoms with Gasteiger partial charge in [0, 0.05) is 18.8 Å². The van der Waals surface area contributed by atoms with Gasteiger partial charge in [-0.3, -0.25) is 4.57 Å². The molecular formula is C13H19Cl2O7P. The van der Waals surface area contributed by atoms with E-state index in [9.17, 15) is 14.2 Å². The van der Waals surface area contributed by atoms with Gasteiger partial charge in [0.05, 0.1) is 11.8 Å². The first kappa shape index (κ1) is 22.1. The van der Waals surface area contributed by atoms with Crippen LogP contribution >= 0.6 is 30.8 Å². The molecule has 2 atom stereocenters. The van der Waals surface area contributed by atoms with Crippen molar-refractivity contribution >= 4 is 42.7 Å². The van der Waals surface area contributed by atoms with Crippen LogP contribution in [0.2, 0.25) is 0 Å². The highest BCUT2D eigenvalue weighted by Gasteiger charge is 2.28. The van der Waals surface area contributed by atoms with Gasteiger partial charge in [0.25, 0.3) is 0 Å². The van der Waals surface area contributed by atoms with Crippen LogP contribution in [0, 0.1) is 0 Å². The van der Waals surface area contributed by atoms with E-state index in [1.54, 1.807) is 0 Å². The Balaban J connectivity index is 4.53. The molecule has 10 heteroatoms. The van der Waals surface area contributed by atoms with Gasteiger partial charge in [0.15, 0.2) is 0 Å². The number of alkyl halides is 2. The topological polar surface area (TPSA) is 88.1 Å².